The van der Waals surface area contributed by atoms with Crippen LogP contribution in [-0.4, -0.2) is 20.3 Å². The average molecular weight is 348 g/mol. The predicted octanol–water partition coefficient (Wildman–Crippen LogP) is 1.55. The van der Waals surface area contributed by atoms with Crippen LogP contribution in [0.4, 0.5) is 19.0 Å². The number of hydrogen-bond acceptors (Lipinski definition) is 5. The van der Waals surface area contributed by atoms with Crippen molar-refractivity contribution in [3.63, 3.8) is 0 Å². The zero-order valence-corrected chi connectivity index (χ0v) is 13.1. The summed E-state index contributed by atoms with van der Waals surface area (Å²) in [5.74, 6) is -0.494. The number of hydrogen-bond donors (Lipinski definition) is 1. The number of aromatic nitrogens is 3. The van der Waals surface area contributed by atoms with Gasteiger partial charge >= 0.3 is 11.9 Å². The molecule has 10 heteroatoms. The van der Waals surface area contributed by atoms with Crippen molar-refractivity contribution in [3.05, 3.63) is 43.0 Å². The van der Waals surface area contributed by atoms with Gasteiger partial charge in [0.15, 0.2) is 0 Å². The van der Waals surface area contributed by atoms with E-state index in [1.165, 1.54) is 11.3 Å². The Morgan fingerprint density at radius 3 is 2.57 bits per heavy atom. The highest BCUT2D eigenvalue weighted by Crippen LogP contribution is 2.17. The molecule has 0 radical (unpaired) electrons. The number of nitrogens with two attached hydrogens (primary N) is 1. The van der Waals surface area contributed by atoms with Crippen LogP contribution in [-0.2, 0) is 19.5 Å². The summed E-state index contributed by atoms with van der Waals surface area (Å²) in [4.78, 5) is 29.0. The summed E-state index contributed by atoms with van der Waals surface area (Å²) in [6, 6.07) is 0.838. The molecule has 2 rings (SSSR count). The Kier molecular flexibility index (Phi) is 4.93. The van der Waals surface area contributed by atoms with Gasteiger partial charge in [0.05, 0.1) is 11.2 Å². The number of nitrogens with zero attached hydrogens (tertiary/aromatic N) is 3. The van der Waals surface area contributed by atoms with Crippen molar-refractivity contribution in [3.8, 4) is 0 Å². The van der Waals surface area contributed by atoms with Crippen molar-refractivity contribution >= 4 is 17.2 Å². The maximum absolute atomic E-state index is 12.5. The molecule has 2 aromatic rings. The quantitative estimate of drug-likeness (QED) is 0.889. The third-order valence-corrected chi connectivity index (χ3v) is 4.27. The van der Waals surface area contributed by atoms with Crippen LogP contribution in [0.3, 0.4) is 0 Å². The first-order valence-corrected chi connectivity index (χ1v) is 7.63. The summed E-state index contributed by atoms with van der Waals surface area (Å²) >= 11 is 1.46. The summed E-state index contributed by atoms with van der Waals surface area (Å²) in [6.45, 7) is 0.344. The van der Waals surface area contributed by atoms with Crippen LogP contribution in [0.2, 0.25) is 0 Å². The summed E-state index contributed by atoms with van der Waals surface area (Å²) in [5, 5.41) is 0. The molecule has 2 N–H and O–H groups in total. The van der Waals surface area contributed by atoms with Crippen molar-refractivity contribution < 1.29 is 13.2 Å². The van der Waals surface area contributed by atoms with E-state index in [1.54, 1.807) is 5.51 Å². The molecule has 126 valence electrons. The average Bonchev–Trinajstić information content (AvgIpc) is 2.83. The molecule has 6 nitrogen and oxygen atoms in total. The third-order valence-electron chi connectivity index (χ3n) is 3.28. The van der Waals surface area contributed by atoms with Gasteiger partial charge in [-0.3, -0.25) is 13.9 Å². The lowest BCUT2D eigenvalue weighted by Gasteiger charge is -2.14. The van der Waals surface area contributed by atoms with Crippen LogP contribution in [0.5, 0.6) is 0 Å². The van der Waals surface area contributed by atoms with Gasteiger partial charge < -0.3 is 5.73 Å². The minimum atomic E-state index is -4.60. The number of halogens is 3. The molecular weight excluding hydrogens is 333 g/mol. The molecule has 2 aromatic heterocycles. The molecule has 23 heavy (non-hydrogen) atoms. The maximum atomic E-state index is 12.5. The first kappa shape index (κ1) is 17.3. The van der Waals surface area contributed by atoms with Crippen LogP contribution in [0, 0.1) is 6.92 Å². The molecule has 0 bridgehead atoms. The second kappa shape index (κ2) is 6.57. The van der Waals surface area contributed by atoms with E-state index < -0.39 is 29.8 Å². The summed E-state index contributed by atoms with van der Waals surface area (Å²) in [7, 11) is 0. The van der Waals surface area contributed by atoms with Gasteiger partial charge in [0.2, 0.25) is 0 Å². The smallest absolute Gasteiger partial charge is 0.385 e. The van der Waals surface area contributed by atoms with Crippen molar-refractivity contribution in [1.29, 1.82) is 0 Å². The SMILES string of the molecule is Cc1ncsc1CCCn1c(=O)cc(N)n(CC(F)(F)F)c1=O. The van der Waals surface area contributed by atoms with Gasteiger partial charge in [-0.05, 0) is 19.8 Å². The largest absolute Gasteiger partial charge is 0.406 e. The van der Waals surface area contributed by atoms with E-state index in [2.05, 4.69) is 4.98 Å². The Labute approximate surface area is 133 Å². The fraction of sp³-hybridized carbons (Fsp3) is 0.462. The standard InChI is InChI=1S/C13H15F3N4O2S/c1-8-9(23-7-18-8)3-2-4-19-11(21)5-10(17)20(12(19)22)6-13(14,15)16/h5,7H,2-4,6,17H2,1H3. The van der Waals surface area contributed by atoms with E-state index in [1.807, 2.05) is 6.92 Å². The Hall–Kier alpha value is -2.10. The number of anilines is 1. The molecule has 0 aliphatic carbocycles. The van der Waals surface area contributed by atoms with Crippen LogP contribution >= 0.6 is 11.3 Å². The lowest BCUT2D eigenvalue weighted by Crippen LogP contribution is -2.42. The number of aryl methyl sites for hydroxylation is 2. The molecule has 2 heterocycles. The summed E-state index contributed by atoms with van der Waals surface area (Å²) in [5.41, 5.74) is 6.18. The number of nitrogen functional groups attached to an aromatic ring is 1. The molecule has 0 aliphatic heterocycles. The first-order chi connectivity index (χ1) is 10.7. The van der Waals surface area contributed by atoms with Gasteiger partial charge in [-0.1, -0.05) is 0 Å². The van der Waals surface area contributed by atoms with E-state index in [4.69, 9.17) is 5.73 Å². The molecule has 0 spiro atoms. The van der Waals surface area contributed by atoms with Crippen LogP contribution in [0.15, 0.2) is 21.2 Å². The maximum Gasteiger partial charge on any atom is 0.406 e. The number of thiazole rings is 1. The van der Waals surface area contributed by atoms with E-state index in [9.17, 15) is 22.8 Å². The first-order valence-electron chi connectivity index (χ1n) is 6.75. The Morgan fingerprint density at radius 1 is 1.30 bits per heavy atom. The summed E-state index contributed by atoms with van der Waals surface area (Å²) in [6.07, 6.45) is -3.57. The molecule has 0 saturated carbocycles. The van der Waals surface area contributed by atoms with Gasteiger partial charge in [-0.2, -0.15) is 13.2 Å². The topological polar surface area (TPSA) is 82.9 Å². The molecule has 0 aliphatic rings. The molecule has 0 amide bonds. The predicted molar refractivity (Wildman–Crippen MR) is 80.6 cm³/mol. The Balaban J connectivity index is 2.21. The third kappa shape index (κ3) is 4.21. The molecule has 0 saturated heterocycles. The van der Waals surface area contributed by atoms with Gasteiger partial charge in [-0.15, -0.1) is 11.3 Å². The second-order valence-electron chi connectivity index (χ2n) is 5.01. The van der Waals surface area contributed by atoms with Crippen LogP contribution < -0.4 is 17.0 Å². The molecule has 0 aromatic carbocycles. The normalized spacial score (nSPS) is 11.8. The molecule has 0 unspecified atom stereocenters. The van der Waals surface area contributed by atoms with Crippen molar-refractivity contribution in [1.82, 2.24) is 14.1 Å². The van der Waals surface area contributed by atoms with Gasteiger partial charge in [0.1, 0.15) is 12.4 Å². The highest BCUT2D eigenvalue weighted by Gasteiger charge is 2.30. The lowest BCUT2D eigenvalue weighted by molar-refractivity contribution is -0.141. The minimum Gasteiger partial charge on any atom is -0.385 e. The molecule has 0 fully saturated rings. The zero-order valence-electron chi connectivity index (χ0n) is 12.3. The van der Waals surface area contributed by atoms with Gasteiger partial charge in [0, 0.05) is 17.5 Å². The number of alkyl halides is 3. The highest BCUT2D eigenvalue weighted by molar-refractivity contribution is 7.09. The van der Waals surface area contributed by atoms with E-state index in [-0.39, 0.29) is 6.54 Å². The Morgan fingerprint density at radius 2 is 2.00 bits per heavy atom. The monoisotopic (exact) mass is 348 g/mol. The number of rotatable bonds is 5. The highest BCUT2D eigenvalue weighted by atomic mass is 32.1. The lowest BCUT2D eigenvalue weighted by atomic mass is 10.2. The molecule has 0 atom stereocenters. The van der Waals surface area contributed by atoms with Crippen molar-refractivity contribution in [2.75, 3.05) is 5.73 Å². The van der Waals surface area contributed by atoms with Gasteiger partial charge in [-0.25, -0.2) is 9.78 Å². The van der Waals surface area contributed by atoms with E-state index in [0.717, 1.165) is 21.2 Å². The Bertz CT molecular complexity index is 807. The van der Waals surface area contributed by atoms with E-state index >= 15 is 0 Å². The van der Waals surface area contributed by atoms with E-state index in [0.29, 0.717) is 17.4 Å². The van der Waals surface area contributed by atoms with Crippen molar-refractivity contribution in [2.45, 2.75) is 39.0 Å². The zero-order chi connectivity index (χ0) is 17.2. The van der Waals surface area contributed by atoms with Crippen LogP contribution in [0.25, 0.3) is 0 Å². The fourth-order valence-corrected chi connectivity index (χ4v) is 2.96. The van der Waals surface area contributed by atoms with Crippen LogP contribution in [0.1, 0.15) is 17.0 Å². The fourth-order valence-electron chi connectivity index (χ4n) is 2.14. The second-order valence-corrected chi connectivity index (χ2v) is 5.95. The molecular formula is C13H15F3N4O2S. The van der Waals surface area contributed by atoms with Gasteiger partial charge in [0.25, 0.3) is 5.56 Å². The van der Waals surface area contributed by atoms with Crippen molar-refractivity contribution in [2.24, 2.45) is 0 Å². The minimum absolute atomic E-state index is 0.0210. The summed E-state index contributed by atoms with van der Waals surface area (Å²) < 4.78 is 38.7.